The lowest BCUT2D eigenvalue weighted by Gasteiger charge is -2.07. The third-order valence-corrected chi connectivity index (χ3v) is 3.01. The van der Waals surface area contributed by atoms with Crippen molar-refractivity contribution in [2.75, 3.05) is 7.11 Å². The Morgan fingerprint density at radius 1 is 1.14 bits per heavy atom. The van der Waals surface area contributed by atoms with Crippen LogP contribution >= 0.6 is 0 Å². The Balaban J connectivity index is 2.30. The van der Waals surface area contributed by atoms with Gasteiger partial charge in [-0.2, -0.15) is 0 Å². The summed E-state index contributed by atoms with van der Waals surface area (Å²) in [7, 11) is 1.47. The van der Waals surface area contributed by atoms with E-state index in [1.165, 1.54) is 7.11 Å². The fourth-order valence-electron chi connectivity index (χ4n) is 2.00. The summed E-state index contributed by atoms with van der Waals surface area (Å²) in [5.41, 5.74) is -0.324. The fraction of sp³-hybridized carbons (Fsp3) is 0.0667. The van der Waals surface area contributed by atoms with Gasteiger partial charge in [-0.3, -0.25) is 0 Å². The molecule has 2 aromatic carbocycles. The van der Waals surface area contributed by atoms with Crippen LogP contribution in [0.15, 0.2) is 45.6 Å². The molecule has 0 amide bonds. The van der Waals surface area contributed by atoms with Crippen LogP contribution in [0, 0.1) is 11.6 Å². The van der Waals surface area contributed by atoms with Gasteiger partial charge in [-0.15, -0.1) is 0 Å². The van der Waals surface area contributed by atoms with E-state index < -0.39 is 17.3 Å². The van der Waals surface area contributed by atoms with Crippen LogP contribution in [-0.2, 0) is 0 Å². The zero-order valence-electron chi connectivity index (χ0n) is 10.9. The summed E-state index contributed by atoms with van der Waals surface area (Å²) in [6.45, 7) is 0. The number of halogens is 2. The maximum atomic E-state index is 13.3. The monoisotopic (exact) mass is 289 g/mol. The molecule has 0 N–H and O–H groups in total. The summed E-state index contributed by atoms with van der Waals surface area (Å²) < 4.78 is 36.7. The summed E-state index contributed by atoms with van der Waals surface area (Å²) >= 11 is 0. The van der Waals surface area contributed by atoms with Gasteiger partial charge in [-0.25, -0.2) is 18.6 Å². The number of nitrogens with zero attached hydrogens (tertiary/aromatic N) is 1. The number of hydrogen-bond acceptors (Lipinski definition) is 4. The maximum Gasteiger partial charge on any atom is 0.347 e. The standard InChI is InChI=1S/C15H9F2NO3/c1-20-13-5-3-2-4-8(13)14-18-12-7-11(17)10(16)6-9(12)15(19)21-14/h2-7H,1H3. The number of hydrogen-bond donors (Lipinski definition) is 0. The summed E-state index contributed by atoms with van der Waals surface area (Å²) in [5.74, 6) is -1.76. The molecule has 0 atom stereocenters. The van der Waals surface area contributed by atoms with Crippen molar-refractivity contribution in [2.24, 2.45) is 0 Å². The first-order valence-electron chi connectivity index (χ1n) is 6.03. The Bertz CT molecular complexity index is 890. The highest BCUT2D eigenvalue weighted by atomic mass is 19.2. The van der Waals surface area contributed by atoms with Crippen LogP contribution in [0.25, 0.3) is 22.4 Å². The number of methoxy groups -OCH3 is 1. The lowest BCUT2D eigenvalue weighted by Crippen LogP contribution is -2.05. The van der Waals surface area contributed by atoms with Gasteiger partial charge in [-0.1, -0.05) is 12.1 Å². The second-order valence-electron chi connectivity index (χ2n) is 4.29. The molecule has 21 heavy (non-hydrogen) atoms. The molecule has 0 fully saturated rings. The molecule has 6 heteroatoms. The van der Waals surface area contributed by atoms with E-state index in [4.69, 9.17) is 9.15 Å². The molecular weight excluding hydrogens is 280 g/mol. The van der Waals surface area contributed by atoms with Crippen molar-refractivity contribution in [3.63, 3.8) is 0 Å². The van der Waals surface area contributed by atoms with Crippen molar-refractivity contribution < 1.29 is 17.9 Å². The SMILES string of the molecule is COc1ccccc1-c1nc2cc(F)c(F)cc2c(=O)o1. The third kappa shape index (κ3) is 2.24. The quantitative estimate of drug-likeness (QED) is 0.727. The van der Waals surface area contributed by atoms with Crippen LogP contribution in [0.3, 0.4) is 0 Å². The Hall–Kier alpha value is -2.76. The van der Waals surface area contributed by atoms with Crippen LogP contribution in [0.4, 0.5) is 8.78 Å². The van der Waals surface area contributed by atoms with Gasteiger partial charge in [0.25, 0.3) is 0 Å². The van der Waals surface area contributed by atoms with Crippen molar-refractivity contribution in [3.8, 4) is 17.2 Å². The molecule has 0 radical (unpaired) electrons. The van der Waals surface area contributed by atoms with Crippen LogP contribution < -0.4 is 10.4 Å². The molecule has 0 saturated heterocycles. The minimum Gasteiger partial charge on any atom is -0.496 e. The lowest BCUT2D eigenvalue weighted by atomic mass is 10.2. The molecule has 0 aliphatic carbocycles. The van der Waals surface area contributed by atoms with E-state index >= 15 is 0 Å². The van der Waals surface area contributed by atoms with E-state index in [0.29, 0.717) is 11.3 Å². The summed E-state index contributed by atoms with van der Waals surface area (Å²) in [5, 5.41) is -0.118. The molecule has 0 saturated carbocycles. The van der Waals surface area contributed by atoms with Gasteiger partial charge in [0.1, 0.15) is 5.75 Å². The first-order valence-corrected chi connectivity index (χ1v) is 6.03. The van der Waals surface area contributed by atoms with Gasteiger partial charge in [0.05, 0.1) is 23.6 Å². The molecule has 3 rings (SSSR count). The number of aromatic nitrogens is 1. The molecular formula is C15H9F2NO3. The van der Waals surface area contributed by atoms with Crippen LogP contribution in [-0.4, -0.2) is 12.1 Å². The summed E-state index contributed by atoms with van der Waals surface area (Å²) in [4.78, 5) is 16.0. The predicted octanol–water partition coefficient (Wildman–Crippen LogP) is 3.14. The Morgan fingerprint density at radius 3 is 2.62 bits per heavy atom. The van der Waals surface area contributed by atoms with E-state index in [1.54, 1.807) is 24.3 Å². The highest BCUT2D eigenvalue weighted by Gasteiger charge is 2.14. The number of benzene rings is 2. The molecule has 0 aliphatic heterocycles. The van der Waals surface area contributed by atoms with E-state index in [0.717, 1.165) is 12.1 Å². The Kier molecular flexibility index (Phi) is 3.13. The van der Waals surface area contributed by atoms with E-state index in [9.17, 15) is 13.6 Å². The lowest BCUT2D eigenvalue weighted by molar-refractivity contribution is 0.413. The molecule has 106 valence electrons. The van der Waals surface area contributed by atoms with Crippen molar-refractivity contribution in [1.82, 2.24) is 4.98 Å². The smallest absolute Gasteiger partial charge is 0.347 e. The van der Waals surface area contributed by atoms with Crippen molar-refractivity contribution >= 4 is 10.9 Å². The topological polar surface area (TPSA) is 52.3 Å². The maximum absolute atomic E-state index is 13.3. The number of fused-ring (bicyclic) bond motifs is 1. The average Bonchev–Trinajstić information content (AvgIpc) is 2.49. The molecule has 0 aliphatic rings. The van der Waals surface area contributed by atoms with Gasteiger partial charge >= 0.3 is 5.63 Å². The number of ether oxygens (including phenoxy) is 1. The first-order chi connectivity index (χ1) is 10.1. The molecule has 0 unspecified atom stereocenters. The fourth-order valence-corrected chi connectivity index (χ4v) is 2.00. The highest BCUT2D eigenvalue weighted by Crippen LogP contribution is 2.28. The van der Waals surface area contributed by atoms with E-state index in [-0.39, 0.29) is 16.8 Å². The first kappa shape index (κ1) is 13.2. The zero-order chi connectivity index (χ0) is 15.0. The van der Waals surface area contributed by atoms with Gasteiger partial charge in [0.15, 0.2) is 11.6 Å². The molecule has 1 aromatic heterocycles. The van der Waals surface area contributed by atoms with E-state index in [1.807, 2.05) is 0 Å². The van der Waals surface area contributed by atoms with Crippen molar-refractivity contribution in [1.29, 1.82) is 0 Å². The second kappa shape index (κ2) is 4.97. The van der Waals surface area contributed by atoms with Gasteiger partial charge < -0.3 is 9.15 Å². The molecule has 1 heterocycles. The summed E-state index contributed by atoms with van der Waals surface area (Å²) in [6, 6.07) is 8.42. The molecule has 0 spiro atoms. The third-order valence-electron chi connectivity index (χ3n) is 3.01. The average molecular weight is 289 g/mol. The number of rotatable bonds is 2. The van der Waals surface area contributed by atoms with E-state index in [2.05, 4.69) is 4.98 Å². The van der Waals surface area contributed by atoms with Crippen LogP contribution in [0.5, 0.6) is 5.75 Å². The second-order valence-corrected chi connectivity index (χ2v) is 4.29. The Morgan fingerprint density at radius 2 is 1.86 bits per heavy atom. The summed E-state index contributed by atoms with van der Waals surface area (Å²) in [6.07, 6.45) is 0. The van der Waals surface area contributed by atoms with Gasteiger partial charge in [0.2, 0.25) is 5.89 Å². The highest BCUT2D eigenvalue weighted by molar-refractivity contribution is 5.79. The van der Waals surface area contributed by atoms with Crippen molar-refractivity contribution in [2.45, 2.75) is 0 Å². The van der Waals surface area contributed by atoms with Crippen molar-refractivity contribution in [3.05, 3.63) is 58.5 Å². The minimum absolute atomic E-state index is 0.0176. The molecule has 4 nitrogen and oxygen atoms in total. The van der Waals surface area contributed by atoms with Gasteiger partial charge in [0, 0.05) is 6.07 Å². The molecule has 0 bridgehead atoms. The number of para-hydroxylation sites is 1. The molecule has 3 aromatic rings. The zero-order valence-corrected chi connectivity index (χ0v) is 10.9. The van der Waals surface area contributed by atoms with Crippen LogP contribution in [0.2, 0.25) is 0 Å². The normalized spacial score (nSPS) is 10.8. The Labute approximate surface area is 117 Å². The van der Waals surface area contributed by atoms with Gasteiger partial charge in [-0.05, 0) is 18.2 Å². The minimum atomic E-state index is -1.12. The predicted molar refractivity (Wildman–Crippen MR) is 72.2 cm³/mol. The largest absolute Gasteiger partial charge is 0.496 e. The van der Waals surface area contributed by atoms with Crippen LogP contribution in [0.1, 0.15) is 0 Å².